The SMILES string of the molecule is COc1ccc(-c2noc(CN3CCCC(C(=O)NC4CCCCCC4)C3)n2)cc1OC. The normalized spacial score (nSPS) is 20.5. The number of benzene rings is 1. The van der Waals surface area contributed by atoms with Crippen molar-refractivity contribution >= 4 is 5.91 Å². The van der Waals surface area contributed by atoms with Gasteiger partial charge in [0.25, 0.3) is 0 Å². The molecular formula is C24H34N4O4. The number of nitrogens with one attached hydrogen (secondary N) is 1. The fourth-order valence-electron chi connectivity index (χ4n) is 4.76. The van der Waals surface area contributed by atoms with Crippen molar-refractivity contribution in [3.8, 4) is 22.9 Å². The molecule has 1 amide bonds. The van der Waals surface area contributed by atoms with E-state index < -0.39 is 0 Å². The summed E-state index contributed by atoms with van der Waals surface area (Å²) in [6.07, 6.45) is 9.20. The maximum atomic E-state index is 12.9. The molecule has 1 aromatic carbocycles. The molecule has 4 rings (SSSR count). The predicted molar refractivity (Wildman–Crippen MR) is 120 cm³/mol. The van der Waals surface area contributed by atoms with Crippen molar-refractivity contribution in [3.63, 3.8) is 0 Å². The number of methoxy groups -OCH3 is 2. The Morgan fingerprint density at radius 2 is 1.88 bits per heavy atom. The van der Waals surface area contributed by atoms with Crippen molar-refractivity contribution in [2.24, 2.45) is 5.92 Å². The Labute approximate surface area is 189 Å². The number of carbonyl (C=O) groups is 1. The number of aromatic nitrogens is 2. The summed E-state index contributed by atoms with van der Waals surface area (Å²) in [4.78, 5) is 19.7. The van der Waals surface area contributed by atoms with Gasteiger partial charge in [-0.15, -0.1) is 0 Å². The summed E-state index contributed by atoms with van der Waals surface area (Å²) in [5, 5.41) is 7.45. The van der Waals surface area contributed by atoms with Gasteiger partial charge >= 0.3 is 0 Å². The molecule has 32 heavy (non-hydrogen) atoms. The first-order valence-electron chi connectivity index (χ1n) is 11.7. The molecule has 2 aliphatic rings. The molecule has 1 saturated heterocycles. The lowest BCUT2D eigenvalue weighted by Gasteiger charge is -2.31. The van der Waals surface area contributed by atoms with Crippen molar-refractivity contribution in [3.05, 3.63) is 24.1 Å². The highest BCUT2D eigenvalue weighted by Crippen LogP contribution is 2.31. The summed E-state index contributed by atoms with van der Waals surface area (Å²) in [7, 11) is 3.20. The monoisotopic (exact) mass is 442 g/mol. The zero-order valence-electron chi connectivity index (χ0n) is 19.1. The van der Waals surface area contributed by atoms with E-state index in [0.29, 0.717) is 35.8 Å². The van der Waals surface area contributed by atoms with Crippen LogP contribution in [0.4, 0.5) is 0 Å². The quantitative estimate of drug-likeness (QED) is 0.652. The summed E-state index contributed by atoms with van der Waals surface area (Å²) in [6.45, 7) is 2.21. The van der Waals surface area contributed by atoms with Crippen LogP contribution in [0.1, 0.15) is 57.3 Å². The van der Waals surface area contributed by atoms with Crippen LogP contribution >= 0.6 is 0 Å². The molecule has 0 bridgehead atoms. The van der Waals surface area contributed by atoms with Gasteiger partial charge in [-0.3, -0.25) is 9.69 Å². The van der Waals surface area contributed by atoms with Crippen molar-refractivity contribution in [2.45, 2.75) is 64.0 Å². The Hall–Kier alpha value is -2.61. The Bertz CT molecular complexity index is 892. The molecule has 1 N–H and O–H groups in total. The van der Waals surface area contributed by atoms with E-state index >= 15 is 0 Å². The Morgan fingerprint density at radius 1 is 1.09 bits per heavy atom. The van der Waals surface area contributed by atoms with E-state index in [-0.39, 0.29) is 11.8 Å². The number of likely N-dealkylation sites (tertiary alicyclic amines) is 1. The third-order valence-electron chi connectivity index (χ3n) is 6.55. The van der Waals surface area contributed by atoms with E-state index in [9.17, 15) is 4.79 Å². The van der Waals surface area contributed by atoms with Crippen LogP contribution in [-0.4, -0.2) is 54.3 Å². The number of piperidine rings is 1. The van der Waals surface area contributed by atoms with Gasteiger partial charge in [0.1, 0.15) is 0 Å². The van der Waals surface area contributed by atoms with E-state index in [1.165, 1.54) is 25.7 Å². The van der Waals surface area contributed by atoms with Crippen LogP contribution in [0.25, 0.3) is 11.4 Å². The molecule has 0 spiro atoms. The van der Waals surface area contributed by atoms with Gasteiger partial charge in [0.15, 0.2) is 11.5 Å². The summed E-state index contributed by atoms with van der Waals surface area (Å²) in [5.41, 5.74) is 0.803. The second-order valence-electron chi connectivity index (χ2n) is 8.85. The minimum Gasteiger partial charge on any atom is -0.493 e. The average molecular weight is 443 g/mol. The van der Waals surface area contributed by atoms with Gasteiger partial charge in [-0.1, -0.05) is 30.8 Å². The highest BCUT2D eigenvalue weighted by Gasteiger charge is 2.28. The largest absolute Gasteiger partial charge is 0.493 e. The molecule has 1 saturated carbocycles. The van der Waals surface area contributed by atoms with Crippen LogP contribution < -0.4 is 14.8 Å². The third-order valence-corrected chi connectivity index (χ3v) is 6.55. The second kappa shape index (κ2) is 10.8. The molecule has 1 aromatic heterocycles. The lowest BCUT2D eigenvalue weighted by atomic mass is 9.96. The number of hydrogen-bond donors (Lipinski definition) is 1. The van der Waals surface area contributed by atoms with Crippen molar-refractivity contribution in [1.82, 2.24) is 20.4 Å². The lowest BCUT2D eigenvalue weighted by molar-refractivity contribution is -0.127. The molecular weight excluding hydrogens is 408 g/mol. The Balaban J connectivity index is 1.34. The molecule has 8 nitrogen and oxygen atoms in total. The maximum Gasteiger partial charge on any atom is 0.241 e. The molecule has 2 fully saturated rings. The summed E-state index contributed by atoms with van der Waals surface area (Å²) >= 11 is 0. The Morgan fingerprint density at radius 3 is 2.62 bits per heavy atom. The van der Waals surface area contributed by atoms with E-state index in [0.717, 1.165) is 44.3 Å². The number of amides is 1. The topological polar surface area (TPSA) is 89.7 Å². The average Bonchev–Trinajstić information content (AvgIpc) is 3.13. The summed E-state index contributed by atoms with van der Waals surface area (Å²) < 4.78 is 16.2. The second-order valence-corrected chi connectivity index (χ2v) is 8.85. The molecule has 1 unspecified atom stereocenters. The van der Waals surface area contributed by atoms with Gasteiger partial charge in [0.2, 0.25) is 17.6 Å². The molecule has 174 valence electrons. The number of nitrogens with zero attached hydrogens (tertiary/aromatic N) is 3. The number of rotatable bonds is 7. The predicted octanol–water partition coefficient (Wildman–Crippen LogP) is 3.80. The Kier molecular flexibility index (Phi) is 7.63. The van der Waals surface area contributed by atoms with Gasteiger partial charge in [0, 0.05) is 18.2 Å². The maximum absolute atomic E-state index is 12.9. The third kappa shape index (κ3) is 5.59. The van der Waals surface area contributed by atoms with Crippen LogP contribution in [0.2, 0.25) is 0 Å². The molecule has 1 aliphatic carbocycles. The van der Waals surface area contributed by atoms with E-state index in [4.69, 9.17) is 14.0 Å². The molecule has 8 heteroatoms. The van der Waals surface area contributed by atoms with Gasteiger partial charge in [0.05, 0.1) is 26.7 Å². The first-order valence-corrected chi connectivity index (χ1v) is 11.7. The van der Waals surface area contributed by atoms with Crippen LogP contribution in [0.15, 0.2) is 22.7 Å². The highest BCUT2D eigenvalue weighted by atomic mass is 16.5. The van der Waals surface area contributed by atoms with Crippen LogP contribution in [0, 0.1) is 5.92 Å². The fraction of sp³-hybridized carbons (Fsp3) is 0.625. The van der Waals surface area contributed by atoms with E-state index in [1.807, 2.05) is 18.2 Å². The van der Waals surface area contributed by atoms with Crippen molar-refractivity contribution in [2.75, 3.05) is 27.3 Å². The molecule has 0 radical (unpaired) electrons. The minimum absolute atomic E-state index is 0.0280. The van der Waals surface area contributed by atoms with Gasteiger partial charge in [-0.25, -0.2) is 0 Å². The number of carbonyl (C=O) groups excluding carboxylic acids is 1. The first-order chi connectivity index (χ1) is 15.7. The van der Waals surface area contributed by atoms with Crippen LogP contribution in [0.5, 0.6) is 11.5 Å². The van der Waals surface area contributed by atoms with E-state index in [2.05, 4.69) is 20.4 Å². The minimum atomic E-state index is 0.0280. The smallest absolute Gasteiger partial charge is 0.241 e. The molecule has 1 aliphatic heterocycles. The summed E-state index contributed by atoms with van der Waals surface area (Å²) in [5.74, 6) is 2.58. The van der Waals surface area contributed by atoms with Crippen LogP contribution in [-0.2, 0) is 11.3 Å². The number of ether oxygens (including phenoxy) is 2. The standard InChI is InChI=1S/C24H34N4O4/c1-30-20-12-11-17(14-21(20)31-2)23-26-22(32-27-23)16-28-13-7-8-18(15-28)24(29)25-19-9-5-3-4-6-10-19/h11-12,14,18-19H,3-10,13,15-16H2,1-2H3,(H,25,29). The summed E-state index contributed by atoms with van der Waals surface area (Å²) in [6, 6.07) is 5.89. The zero-order chi connectivity index (χ0) is 22.3. The van der Waals surface area contributed by atoms with Gasteiger partial charge < -0.3 is 19.3 Å². The van der Waals surface area contributed by atoms with E-state index in [1.54, 1.807) is 14.2 Å². The van der Waals surface area contributed by atoms with Crippen molar-refractivity contribution in [1.29, 1.82) is 0 Å². The number of hydrogen-bond acceptors (Lipinski definition) is 7. The molecule has 2 aromatic rings. The van der Waals surface area contributed by atoms with Gasteiger partial charge in [-0.2, -0.15) is 4.98 Å². The fourth-order valence-corrected chi connectivity index (χ4v) is 4.76. The molecule has 2 heterocycles. The lowest BCUT2D eigenvalue weighted by Crippen LogP contribution is -2.45. The van der Waals surface area contributed by atoms with Crippen molar-refractivity contribution < 1.29 is 18.8 Å². The highest BCUT2D eigenvalue weighted by molar-refractivity contribution is 5.79. The van der Waals surface area contributed by atoms with Gasteiger partial charge in [-0.05, 0) is 50.4 Å². The first kappa shape index (κ1) is 22.6. The molecule has 1 atom stereocenters. The zero-order valence-corrected chi connectivity index (χ0v) is 19.1. The van der Waals surface area contributed by atoms with Crippen LogP contribution in [0.3, 0.4) is 0 Å².